The Morgan fingerprint density at radius 1 is 1.13 bits per heavy atom. The number of benzene rings is 2. The molecule has 0 saturated heterocycles. The molecule has 2 aromatic heterocycles. The van der Waals surface area contributed by atoms with Gasteiger partial charge in [-0.3, -0.25) is 14.2 Å². The van der Waals surface area contributed by atoms with E-state index in [4.69, 9.17) is 4.42 Å². The number of anilines is 1. The number of rotatable bonds is 7. The number of nitrogens with one attached hydrogen (secondary N) is 1. The third-order valence-electron chi connectivity index (χ3n) is 5.06. The Kier molecular flexibility index (Phi) is 6.23. The molecule has 4 aromatic rings. The van der Waals surface area contributed by atoms with Crippen LogP contribution in [-0.4, -0.2) is 21.2 Å². The molecule has 4 rings (SSSR count). The maximum absolute atomic E-state index is 13.1. The Morgan fingerprint density at radius 3 is 2.74 bits per heavy atom. The number of hydrogen-bond donors (Lipinski definition) is 1. The predicted octanol–water partition coefficient (Wildman–Crippen LogP) is 4.64. The van der Waals surface area contributed by atoms with Gasteiger partial charge in [-0.15, -0.1) is 0 Å². The van der Waals surface area contributed by atoms with Gasteiger partial charge in [-0.2, -0.15) is 0 Å². The van der Waals surface area contributed by atoms with Crippen molar-refractivity contribution < 1.29 is 9.21 Å². The Morgan fingerprint density at radius 2 is 1.97 bits per heavy atom. The normalized spacial score (nSPS) is 11.0. The fraction of sp³-hybridized carbons (Fsp3) is 0.208. The van der Waals surface area contributed by atoms with Gasteiger partial charge in [0.25, 0.3) is 5.56 Å². The Hall–Kier alpha value is -3.32. The molecule has 0 atom stereocenters. The van der Waals surface area contributed by atoms with E-state index in [2.05, 4.69) is 17.2 Å². The highest BCUT2D eigenvalue weighted by Crippen LogP contribution is 2.23. The summed E-state index contributed by atoms with van der Waals surface area (Å²) in [6.45, 7) is 4.30. The van der Waals surface area contributed by atoms with Gasteiger partial charge in [0.1, 0.15) is 5.76 Å². The van der Waals surface area contributed by atoms with E-state index in [0.717, 1.165) is 23.2 Å². The lowest BCUT2D eigenvalue weighted by molar-refractivity contribution is -0.113. The minimum Gasteiger partial charge on any atom is -0.467 e. The SMILES string of the molecule is CCc1cccc(C)c1NC(=O)CSc1nc2ccccc2c(=O)n1Cc1ccco1. The van der Waals surface area contributed by atoms with Crippen LogP contribution in [0.2, 0.25) is 0 Å². The molecule has 0 aliphatic heterocycles. The van der Waals surface area contributed by atoms with Gasteiger partial charge in [0.05, 0.1) is 29.5 Å². The molecule has 1 N–H and O–H groups in total. The smallest absolute Gasteiger partial charge is 0.262 e. The third kappa shape index (κ3) is 4.56. The zero-order valence-corrected chi connectivity index (χ0v) is 18.2. The number of furan rings is 1. The van der Waals surface area contributed by atoms with Crippen molar-refractivity contribution in [2.75, 3.05) is 11.1 Å². The molecule has 158 valence electrons. The van der Waals surface area contributed by atoms with Crippen LogP contribution >= 0.6 is 11.8 Å². The summed E-state index contributed by atoms with van der Waals surface area (Å²) in [5.41, 5.74) is 3.43. The second-order valence-corrected chi connectivity index (χ2v) is 8.12. The van der Waals surface area contributed by atoms with Gasteiger partial charge in [-0.25, -0.2) is 4.98 Å². The molecule has 0 radical (unpaired) electrons. The van der Waals surface area contributed by atoms with E-state index < -0.39 is 0 Å². The third-order valence-corrected chi connectivity index (χ3v) is 6.03. The lowest BCUT2D eigenvalue weighted by Gasteiger charge is -2.14. The first-order valence-electron chi connectivity index (χ1n) is 10.1. The van der Waals surface area contributed by atoms with Crippen molar-refractivity contribution in [1.82, 2.24) is 9.55 Å². The average Bonchev–Trinajstić information content (AvgIpc) is 3.29. The predicted molar refractivity (Wildman–Crippen MR) is 124 cm³/mol. The Labute approximate surface area is 184 Å². The van der Waals surface area contributed by atoms with E-state index >= 15 is 0 Å². The minimum absolute atomic E-state index is 0.138. The van der Waals surface area contributed by atoms with Crippen LogP contribution in [0.5, 0.6) is 0 Å². The van der Waals surface area contributed by atoms with Gasteiger partial charge < -0.3 is 9.73 Å². The number of aryl methyl sites for hydroxylation is 2. The maximum atomic E-state index is 13.1. The standard InChI is InChI=1S/C24H23N3O3S/c1-3-17-9-6-8-16(2)22(17)26-21(28)15-31-24-25-20-12-5-4-11-19(20)23(29)27(24)14-18-10-7-13-30-18/h4-13H,3,14-15H2,1-2H3,(H,26,28). The summed E-state index contributed by atoms with van der Waals surface area (Å²) < 4.78 is 6.99. The van der Waals surface area contributed by atoms with Gasteiger partial charge in [-0.1, -0.05) is 49.0 Å². The van der Waals surface area contributed by atoms with Crippen LogP contribution in [0.25, 0.3) is 10.9 Å². The number of carbonyl (C=O) groups is 1. The van der Waals surface area contributed by atoms with E-state index in [1.54, 1.807) is 29.0 Å². The fourth-order valence-electron chi connectivity index (χ4n) is 3.46. The zero-order valence-electron chi connectivity index (χ0n) is 17.4. The van der Waals surface area contributed by atoms with Crippen LogP contribution in [0.1, 0.15) is 23.8 Å². The topological polar surface area (TPSA) is 77.1 Å². The number of carbonyl (C=O) groups excluding carboxylic acids is 1. The summed E-state index contributed by atoms with van der Waals surface area (Å²) in [6, 6.07) is 16.8. The summed E-state index contributed by atoms with van der Waals surface area (Å²) >= 11 is 1.24. The molecule has 0 unspecified atom stereocenters. The quantitative estimate of drug-likeness (QED) is 0.339. The molecule has 6 nitrogen and oxygen atoms in total. The van der Waals surface area contributed by atoms with Gasteiger partial charge in [0.2, 0.25) is 5.91 Å². The minimum atomic E-state index is -0.155. The first kappa shape index (κ1) is 20.9. The number of aromatic nitrogens is 2. The van der Waals surface area contributed by atoms with E-state index in [1.165, 1.54) is 11.8 Å². The molecule has 1 amide bonds. The van der Waals surface area contributed by atoms with Gasteiger partial charge >= 0.3 is 0 Å². The fourth-order valence-corrected chi connectivity index (χ4v) is 4.26. The second kappa shape index (κ2) is 9.22. The Bertz CT molecular complexity index is 1280. The van der Waals surface area contributed by atoms with Crippen molar-refractivity contribution in [2.45, 2.75) is 32.0 Å². The molecule has 0 fully saturated rings. The zero-order chi connectivity index (χ0) is 21.8. The van der Waals surface area contributed by atoms with Gasteiger partial charge in [0.15, 0.2) is 5.16 Å². The highest BCUT2D eigenvalue weighted by atomic mass is 32.2. The molecular weight excluding hydrogens is 410 g/mol. The molecule has 31 heavy (non-hydrogen) atoms. The molecule has 0 aliphatic rings. The monoisotopic (exact) mass is 433 g/mol. The van der Waals surface area contributed by atoms with Crippen molar-refractivity contribution in [3.05, 3.63) is 88.1 Å². The van der Waals surface area contributed by atoms with Crippen LogP contribution in [0.15, 0.2) is 75.2 Å². The summed E-state index contributed by atoms with van der Waals surface area (Å²) in [5, 5.41) is 4.04. The molecular formula is C24H23N3O3S. The number of amides is 1. The lowest BCUT2D eigenvalue weighted by Crippen LogP contribution is -2.24. The highest BCUT2D eigenvalue weighted by molar-refractivity contribution is 7.99. The molecule has 2 aromatic carbocycles. The van der Waals surface area contributed by atoms with E-state index in [9.17, 15) is 9.59 Å². The van der Waals surface area contributed by atoms with Crippen molar-refractivity contribution in [1.29, 1.82) is 0 Å². The molecule has 0 aliphatic carbocycles. The number of nitrogens with zero attached hydrogens (tertiary/aromatic N) is 2. The van der Waals surface area contributed by atoms with Crippen LogP contribution < -0.4 is 10.9 Å². The Balaban J connectivity index is 1.60. The van der Waals surface area contributed by atoms with Crippen LogP contribution in [0.3, 0.4) is 0 Å². The van der Waals surface area contributed by atoms with Crippen LogP contribution in [0.4, 0.5) is 5.69 Å². The summed E-state index contributed by atoms with van der Waals surface area (Å²) in [7, 11) is 0. The summed E-state index contributed by atoms with van der Waals surface area (Å²) in [4.78, 5) is 30.5. The summed E-state index contributed by atoms with van der Waals surface area (Å²) in [6.07, 6.45) is 2.40. The second-order valence-electron chi connectivity index (χ2n) is 7.18. The van der Waals surface area contributed by atoms with Crippen molar-refractivity contribution in [2.24, 2.45) is 0 Å². The molecule has 7 heteroatoms. The largest absolute Gasteiger partial charge is 0.467 e. The first-order valence-corrected chi connectivity index (χ1v) is 11.1. The van der Waals surface area contributed by atoms with E-state index in [-0.39, 0.29) is 23.8 Å². The number of thioether (sulfide) groups is 1. The van der Waals surface area contributed by atoms with Crippen molar-refractivity contribution >= 4 is 34.3 Å². The van der Waals surface area contributed by atoms with E-state index in [0.29, 0.717) is 21.8 Å². The van der Waals surface area contributed by atoms with Crippen LogP contribution in [-0.2, 0) is 17.8 Å². The lowest BCUT2D eigenvalue weighted by atomic mass is 10.1. The average molecular weight is 434 g/mol. The molecule has 0 spiro atoms. The first-order chi connectivity index (χ1) is 15.1. The van der Waals surface area contributed by atoms with Crippen molar-refractivity contribution in [3.63, 3.8) is 0 Å². The van der Waals surface area contributed by atoms with Crippen LogP contribution in [0, 0.1) is 6.92 Å². The van der Waals surface area contributed by atoms with Crippen molar-refractivity contribution in [3.8, 4) is 0 Å². The molecule has 2 heterocycles. The maximum Gasteiger partial charge on any atom is 0.262 e. The molecule has 0 saturated carbocycles. The van der Waals surface area contributed by atoms with Gasteiger partial charge in [-0.05, 0) is 48.7 Å². The number of fused-ring (bicyclic) bond motifs is 1. The number of para-hydroxylation sites is 2. The summed E-state index contributed by atoms with van der Waals surface area (Å²) in [5.74, 6) is 0.652. The van der Waals surface area contributed by atoms with Gasteiger partial charge in [0, 0.05) is 5.69 Å². The van der Waals surface area contributed by atoms with E-state index in [1.807, 2.05) is 43.3 Å². The highest BCUT2D eigenvalue weighted by Gasteiger charge is 2.15. The molecule has 0 bridgehead atoms. The number of hydrogen-bond acceptors (Lipinski definition) is 5.